The van der Waals surface area contributed by atoms with E-state index in [0.29, 0.717) is 36.0 Å². The van der Waals surface area contributed by atoms with Gasteiger partial charge in [0.25, 0.3) is 0 Å². The molecule has 0 spiro atoms. The van der Waals surface area contributed by atoms with Crippen molar-refractivity contribution >= 4 is 29.1 Å². The van der Waals surface area contributed by atoms with Gasteiger partial charge in [-0.15, -0.1) is 10.2 Å². The fourth-order valence-corrected chi connectivity index (χ4v) is 2.63. The molecule has 0 atom stereocenters. The molecule has 0 saturated carbocycles. The Labute approximate surface area is 157 Å². The molecule has 3 rings (SSSR count). The van der Waals surface area contributed by atoms with Crippen LogP contribution in [0.4, 0.5) is 11.6 Å². The number of benzene rings is 2. The molecule has 3 aromatic rings. The van der Waals surface area contributed by atoms with Gasteiger partial charge in [-0.05, 0) is 35.7 Å². The second-order valence-electron chi connectivity index (χ2n) is 5.78. The Balaban J connectivity index is 1.48. The van der Waals surface area contributed by atoms with Crippen molar-refractivity contribution in [1.29, 1.82) is 0 Å². The summed E-state index contributed by atoms with van der Waals surface area (Å²) in [6.45, 7) is 0.553. The maximum atomic E-state index is 12.0. The van der Waals surface area contributed by atoms with Crippen LogP contribution in [0, 0.1) is 0 Å². The first-order valence-corrected chi connectivity index (χ1v) is 8.73. The van der Waals surface area contributed by atoms with Gasteiger partial charge in [0.05, 0.1) is 0 Å². The van der Waals surface area contributed by atoms with Crippen LogP contribution in [0.15, 0.2) is 66.7 Å². The Hall–Kier alpha value is -2.92. The normalized spacial score (nSPS) is 10.3. The molecule has 2 N–H and O–H groups in total. The maximum Gasteiger partial charge on any atom is 0.225 e. The van der Waals surface area contributed by atoms with E-state index in [2.05, 4.69) is 20.8 Å². The number of aromatic nitrogens is 2. The van der Waals surface area contributed by atoms with Gasteiger partial charge in [0.2, 0.25) is 5.91 Å². The van der Waals surface area contributed by atoms with Crippen molar-refractivity contribution in [3.8, 4) is 0 Å². The summed E-state index contributed by atoms with van der Waals surface area (Å²) in [7, 11) is 0. The highest BCUT2D eigenvalue weighted by Gasteiger charge is 2.05. The van der Waals surface area contributed by atoms with E-state index in [1.54, 1.807) is 12.1 Å². The zero-order chi connectivity index (χ0) is 18.2. The van der Waals surface area contributed by atoms with Gasteiger partial charge in [0.15, 0.2) is 5.82 Å². The number of hydrogen-bond donors (Lipinski definition) is 2. The molecule has 1 heterocycles. The lowest BCUT2D eigenvalue weighted by molar-refractivity contribution is -0.116. The Morgan fingerprint density at radius 1 is 0.885 bits per heavy atom. The van der Waals surface area contributed by atoms with Gasteiger partial charge < -0.3 is 10.6 Å². The van der Waals surface area contributed by atoms with Crippen LogP contribution in [0.25, 0.3) is 0 Å². The molecular formula is C20H19ClN4O. The SMILES string of the molecule is O=C(CCc1ccccc1)Nc1ccc(NCc2ccccc2Cl)nn1. The van der Waals surface area contributed by atoms with E-state index in [1.165, 1.54) is 0 Å². The topological polar surface area (TPSA) is 66.9 Å². The standard InChI is InChI=1S/C20H19ClN4O/c21-17-9-5-4-8-16(17)14-22-18-11-12-19(25-24-18)23-20(26)13-10-15-6-2-1-3-7-15/h1-9,11-12H,10,13-14H2,(H,22,24)(H,23,25,26). The lowest BCUT2D eigenvalue weighted by Crippen LogP contribution is -2.14. The minimum Gasteiger partial charge on any atom is -0.364 e. The van der Waals surface area contributed by atoms with Crippen LogP contribution >= 0.6 is 11.6 Å². The van der Waals surface area contributed by atoms with Crippen LogP contribution in [0.2, 0.25) is 5.02 Å². The quantitative estimate of drug-likeness (QED) is 0.653. The highest BCUT2D eigenvalue weighted by atomic mass is 35.5. The Bertz CT molecular complexity index is 853. The lowest BCUT2D eigenvalue weighted by Gasteiger charge is -2.08. The van der Waals surface area contributed by atoms with Gasteiger partial charge in [-0.3, -0.25) is 4.79 Å². The highest BCUT2D eigenvalue weighted by Crippen LogP contribution is 2.16. The summed E-state index contributed by atoms with van der Waals surface area (Å²) in [6.07, 6.45) is 1.09. The third-order valence-electron chi connectivity index (χ3n) is 3.83. The van der Waals surface area contributed by atoms with Crippen molar-refractivity contribution in [1.82, 2.24) is 10.2 Å². The van der Waals surface area contributed by atoms with Crippen molar-refractivity contribution in [3.05, 3.63) is 82.9 Å². The molecule has 0 saturated heterocycles. The van der Waals surface area contributed by atoms with E-state index in [1.807, 2.05) is 54.6 Å². The molecule has 132 valence electrons. The summed E-state index contributed by atoms with van der Waals surface area (Å²) >= 11 is 6.12. The minimum atomic E-state index is -0.0834. The number of nitrogens with one attached hydrogen (secondary N) is 2. The smallest absolute Gasteiger partial charge is 0.225 e. The number of anilines is 2. The minimum absolute atomic E-state index is 0.0834. The lowest BCUT2D eigenvalue weighted by atomic mass is 10.1. The number of nitrogens with zero attached hydrogens (tertiary/aromatic N) is 2. The zero-order valence-electron chi connectivity index (χ0n) is 14.2. The van der Waals surface area contributed by atoms with Crippen molar-refractivity contribution in [2.45, 2.75) is 19.4 Å². The van der Waals surface area contributed by atoms with Gasteiger partial charge in [0.1, 0.15) is 5.82 Å². The molecule has 0 radical (unpaired) electrons. The first-order chi connectivity index (χ1) is 12.7. The van der Waals surface area contributed by atoms with Crippen LogP contribution in [0.5, 0.6) is 0 Å². The molecule has 0 aliphatic carbocycles. The van der Waals surface area contributed by atoms with E-state index in [0.717, 1.165) is 11.1 Å². The molecule has 6 heteroatoms. The number of rotatable bonds is 7. The average Bonchev–Trinajstić information content (AvgIpc) is 2.68. The predicted octanol–water partition coefficient (Wildman–Crippen LogP) is 4.31. The van der Waals surface area contributed by atoms with Gasteiger partial charge in [-0.1, -0.05) is 60.1 Å². The van der Waals surface area contributed by atoms with Crippen LogP contribution < -0.4 is 10.6 Å². The molecular weight excluding hydrogens is 348 g/mol. The largest absolute Gasteiger partial charge is 0.364 e. The van der Waals surface area contributed by atoms with E-state index >= 15 is 0 Å². The second kappa shape index (κ2) is 8.97. The molecule has 26 heavy (non-hydrogen) atoms. The molecule has 5 nitrogen and oxygen atoms in total. The molecule has 0 fully saturated rings. The van der Waals surface area contributed by atoms with E-state index in [9.17, 15) is 4.79 Å². The molecule has 0 aliphatic heterocycles. The monoisotopic (exact) mass is 366 g/mol. The Morgan fingerprint density at radius 2 is 1.58 bits per heavy atom. The van der Waals surface area contributed by atoms with Crippen LogP contribution in [-0.4, -0.2) is 16.1 Å². The van der Waals surface area contributed by atoms with E-state index < -0.39 is 0 Å². The van der Waals surface area contributed by atoms with Crippen molar-refractivity contribution < 1.29 is 4.79 Å². The second-order valence-corrected chi connectivity index (χ2v) is 6.19. The fraction of sp³-hybridized carbons (Fsp3) is 0.150. The summed E-state index contributed by atoms with van der Waals surface area (Å²) in [6, 6.07) is 21.0. The average molecular weight is 367 g/mol. The summed E-state index contributed by atoms with van der Waals surface area (Å²) in [5.74, 6) is 0.971. The third-order valence-corrected chi connectivity index (χ3v) is 4.20. The van der Waals surface area contributed by atoms with Crippen molar-refractivity contribution in [3.63, 3.8) is 0 Å². The summed E-state index contributed by atoms with van der Waals surface area (Å²) in [4.78, 5) is 12.0. The first kappa shape index (κ1) is 17.9. The Kier molecular flexibility index (Phi) is 6.17. The van der Waals surface area contributed by atoms with Gasteiger partial charge in [-0.2, -0.15) is 0 Å². The highest BCUT2D eigenvalue weighted by molar-refractivity contribution is 6.31. The van der Waals surface area contributed by atoms with Crippen LogP contribution in [-0.2, 0) is 17.8 Å². The van der Waals surface area contributed by atoms with Crippen molar-refractivity contribution in [2.75, 3.05) is 10.6 Å². The first-order valence-electron chi connectivity index (χ1n) is 8.35. The number of aryl methyl sites for hydroxylation is 1. The Morgan fingerprint density at radius 3 is 2.31 bits per heavy atom. The summed E-state index contributed by atoms with van der Waals surface area (Å²) < 4.78 is 0. The number of carbonyl (C=O) groups excluding carboxylic acids is 1. The van der Waals surface area contributed by atoms with E-state index in [-0.39, 0.29) is 5.91 Å². The number of carbonyl (C=O) groups is 1. The number of amides is 1. The van der Waals surface area contributed by atoms with Gasteiger partial charge >= 0.3 is 0 Å². The molecule has 0 aliphatic rings. The predicted molar refractivity (Wildman–Crippen MR) is 104 cm³/mol. The molecule has 0 unspecified atom stereocenters. The van der Waals surface area contributed by atoms with Crippen LogP contribution in [0.3, 0.4) is 0 Å². The van der Waals surface area contributed by atoms with Gasteiger partial charge in [-0.25, -0.2) is 0 Å². The molecule has 2 aromatic carbocycles. The summed E-state index contributed by atoms with van der Waals surface area (Å²) in [5.41, 5.74) is 2.11. The van der Waals surface area contributed by atoms with Gasteiger partial charge in [0, 0.05) is 18.0 Å². The van der Waals surface area contributed by atoms with Crippen LogP contribution in [0.1, 0.15) is 17.5 Å². The molecule has 1 aromatic heterocycles. The maximum absolute atomic E-state index is 12.0. The molecule has 0 bridgehead atoms. The summed E-state index contributed by atoms with van der Waals surface area (Å²) in [5, 5.41) is 14.7. The number of halogens is 1. The molecule has 1 amide bonds. The fourth-order valence-electron chi connectivity index (χ4n) is 2.43. The number of hydrogen-bond acceptors (Lipinski definition) is 4. The third kappa shape index (κ3) is 5.29. The van der Waals surface area contributed by atoms with Crippen molar-refractivity contribution in [2.24, 2.45) is 0 Å². The van der Waals surface area contributed by atoms with E-state index in [4.69, 9.17) is 11.6 Å². The zero-order valence-corrected chi connectivity index (χ0v) is 14.9.